The van der Waals surface area contributed by atoms with E-state index in [0.29, 0.717) is 26.2 Å². The van der Waals surface area contributed by atoms with Crippen LogP contribution in [-0.2, 0) is 4.74 Å². The van der Waals surface area contributed by atoms with E-state index < -0.39 is 5.97 Å². The molecule has 0 saturated heterocycles. The summed E-state index contributed by atoms with van der Waals surface area (Å²) in [5.74, 6) is -0.779. The number of thiazole rings is 1. The second kappa shape index (κ2) is 7.11. The highest BCUT2D eigenvalue weighted by molar-refractivity contribution is 7.17. The van der Waals surface area contributed by atoms with Crippen LogP contribution in [0.1, 0.15) is 16.6 Å². The van der Waals surface area contributed by atoms with E-state index in [4.69, 9.17) is 16.3 Å². The summed E-state index contributed by atoms with van der Waals surface area (Å²) in [6, 6.07) is 13.1. The van der Waals surface area contributed by atoms with Gasteiger partial charge >= 0.3 is 5.97 Å². The van der Waals surface area contributed by atoms with Gasteiger partial charge in [-0.25, -0.2) is 14.2 Å². The van der Waals surface area contributed by atoms with Gasteiger partial charge in [0.15, 0.2) is 0 Å². The van der Waals surface area contributed by atoms with Crippen molar-refractivity contribution in [3.63, 3.8) is 0 Å². The number of hydrogen-bond donors (Lipinski definition) is 0. The molecule has 1 heterocycles. The Morgan fingerprint density at radius 3 is 2.38 bits per heavy atom. The zero-order valence-corrected chi connectivity index (χ0v) is 14.3. The molecule has 2 aromatic carbocycles. The third-order valence-electron chi connectivity index (χ3n) is 3.30. The van der Waals surface area contributed by atoms with Gasteiger partial charge in [-0.1, -0.05) is 23.7 Å². The van der Waals surface area contributed by atoms with E-state index in [9.17, 15) is 9.18 Å². The summed E-state index contributed by atoms with van der Waals surface area (Å²) >= 11 is 7.15. The highest BCUT2D eigenvalue weighted by Crippen LogP contribution is 2.34. The molecule has 0 radical (unpaired) electrons. The van der Waals surface area contributed by atoms with Crippen LogP contribution in [0.15, 0.2) is 48.5 Å². The molecule has 0 bridgehead atoms. The smallest absolute Gasteiger partial charge is 0.350 e. The lowest BCUT2D eigenvalue weighted by molar-refractivity contribution is 0.0532. The molecule has 0 aliphatic heterocycles. The first-order valence-corrected chi connectivity index (χ1v) is 8.47. The van der Waals surface area contributed by atoms with Gasteiger partial charge in [0.1, 0.15) is 15.7 Å². The first kappa shape index (κ1) is 16.6. The van der Waals surface area contributed by atoms with E-state index in [1.807, 2.05) is 12.1 Å². The van der Waals surface area contributed by atoms with Crippen LogP contribution in [0.25, 0.3) is 21.8 Å². The number of carbonyl (C=O) groups excluding carboxylic acids is 1. The number of hydrogen-bond acceptors (Lipinski definition) is 4. The first-order valence-electron chi connectivity index (χ1n) is 7.28. The molecule has 0 spiro atoms. The first-order chi connectivity index (χ1) is 11.6. The Labute approximate surface area is 147 Å². The summed E-state index contributed by atoms with van der Waals surface area (Å²) in [5.41, 5.74) is 2.00. The molecule has 3 aromatic rings. The number of aromatic nitrogens is 1. The second-order valence-corrected chi connectivity index (χ2v) is 6.37. The molecule has 6 heteroatoms. The van der Waals surface area contributed by atoms with Gasteiger partial charge in [-0.3, -0.25) is 0 Å². The van der Waals surface area contributed by atoms with Crippen LogP contribution in [-0.4, -0.2) is 17.6 Å². The Morgan fingerprint density at radius 2 is 1.75 bits per heavy atom. The standard InChI is InChI=1S/C18H13ClFNO2S/c1-2-23-18(22)16-15(11-5-9-14(20)10-6-11)21-17(24-16)12-3-7-13(19)8-4-12/h3-10H,2H2,1H3. The van der Waals surface area contributed by atoms with Crippen molar-refractivity contribution in [2.75, 3.05) is 6.61 Å². The summed E-state index contributed by atoms with van der Waals surface area (Å²) < 4.78 is 18.3. The maximum absolute atomic E-state index is 13.2. The molecule has 0 atom stereocenters. The lowest BCUT2D eigenvalue weighted by atomic mass is 10.1. The van der Waals surface area contributed by atoms with Crippen molar-refractivity contribution in [2.45, 2.75) is 6.92 Å². The molecule has 0 N–H and O–H groups in total. The summed E-state index contributed by atoms with van der Waals surface area (Å²) in [6.45, 7) is 2.02. The third kappa shape index (κ3) is 3.47. The molecule has 122 valence electrons. The van der Waals surface area contributed by atoms with Crippen LogP contribution in [0.4, 0.5) is 4.39 Å². The average molecular weight is 362 g/mol. The van der Waals surface area contributed by atoms with Crippen LogP contribution in [0.3, 0.4) is 0 Å². The molecule has 24 heavy (non-hydrogen) atoms. The van der Waals surface area contributed by atoms with Gasteiger partial charge in [-0.05, 0) is 43.3 Å². The van der Waals surface area contributed by atoms with Gasteiger partial charge in [0.05, 0.1) is 12.3 Å². The van der Waals surface area contributed by atoms with E-state index in [2.05, 4.69) is 4.98 Å². The van der Waals surface area contributed by atoms with Gasteiger partial charge in [0.25, 0.3) is 0 Å². The zero-order valence-electron chi connectivity index (χ0n) is 12.8. The van der Waals surface area contributed by atoms with Crippen molar-refractivity contribution in [3.05, 3.63) is 64.2 Å². The molecule has 0 aliphatic carbocycles. The Bertz CT molecular complexity index is 860. The molecule has 3 rings (SSSR count). The number of carbonyl (C=O) groups is 1. The normalized spacial score (nSPS) is 10.6. The highest BCUT2D eigenvalue weighted by Gasteiger charge is 2.21. The second-order valence-electron chi connectivity index (χ2n) is 4.93. The van der Waals surface area contributed by atoms with Crippen LogP contribution in [0.5, 0.6) is 0 Å². The van der Waals surface area contributed by atoms with Crippen LogP contribution >= 0.6 is 22.9 Å². The Balaban J connectivity index is 2.10. The highest BCUT2D eigenvalue weighted by atomic mass is 35.5. The monoisotopic (exact) mass is 361 g/mol. The van der Waals surface area contributed by atoms with Crippen molar-refractivity contribution in [1.29, 1.82) is 0 Å². The number of benzene rings is 2. The quantitative estimate of drug-likeness (QED) is 0.580. The van der Waals surface area contributed by atoms with E-state index in [-0.39, 0.29) is 12.4 Å². The predicted octanol–water partition coefficient (Wildman–Crippen LogP) is 5.45. The number of rotatable bonds is 4. The predicted molar refractivity (Wildman–Crippen MR) is 93.9 cm³/mol. The van der Waals surface area contributed by atoms with Crippen LogP contribution < -0.4 is 0 Å². The van der Waals surface area contributed by atoms with E-state index in [1.54, 1.807) is 31.2 Å². The summed E-state index contributed by atoms with van der Waals surface area (Å²) in [6.07, 6.45) is 0. The fraction of sp³-hybridized carbons (Fsp3) is 0.111. The SMILES string of the molecule is CCOC(=O)c1sc(-c2ccc(Cl)cc2)nc1-c1ccc(F)cc1. The molecule has 0 amide bonds. The number of halogens is 2. The summed E-state index contributed by atoms with van der Waals surface area (Å²) in [5, 5.41) is 1.30. The van der Waals surface area contributed by atoms with E-state index in [1.165, 1.54) is 23.5 Å². The Morgan fingerprint density at radius 1 is 1.12 bits per heavy atom. The minimum atomic E-state index is -0.436. The Hall–Kier alpha value is -2.24. The fourth-order valence-corrected chi connectivity index (χ4v) is 3.29. The minimum absolute atomic E-state index is 0.274. The van der Waals surface area contributed by atoms with Crippen molar-refractivity contribution in [3.8, 4) is 21.8 Å². The molecule has 0 aliphatic rings. The van der Waals surface area contributed by atoms with Gasteiger partial charge in [-0.2, -0.15) is 0 Å². The largest absolute Gasteiger partial charge is 0.462 e. The van der Waals surface area contributed by atoms with E-state index in [0.717, 1.165) is 5.56 Å². The fourth-order valence-electron chi connectivity index (χ4n) is 2.17. The minimum Gasteiger partial charge on any atom is -0.462 e. The van der Waals surface area contributed by atoms with Gasteiger partial charge in [0.2, 0.25) is 0 Å². The maximum atomic E-state index is 13.2. The average Bonchev–Trinajstić information content (AvgIpc) is 3.02. The lowest BCUT2D eigenvalue weighted by Gasteiger charge is -2.02. The molecule has 1 aromatic heterocycles. The van der Waals surface area contributed by atoms with Crippen molar-refractivity contribution >= 4 is 28.9 Å². The van der Waals surface area contributed by atoms with Crippen molar-refractivity contribution in [1.82, 2.24) is 4.98 Å². The number of nitrogens with zero attached hydrogens (tertiary/aromatic N) is 1. The zero-order chi connectivity index (χ0) is 17.1. The molecule has 0 saturated carbocycles. The summed E-state index contributed by atoms with van der Waals surface area (Å²) in [4.78, 5) is 17.2. The molecule has 0 unspecified atom stereocenters. The van der Waals surface area contributed by atoms with E-state index >= 15 is 0 Å². The number of esters is 1. The van der Waals surface area contributed by atoms with Crippen molar-refractivity contribution < 1.29 is 13.9 Å². The van der Waals surface area contributed by atoms with Gasteiger partial charge < -0.3 is 4.74 Å². The summed E-state index contributed by atoms with van der Waals surface area (Å²) in [7, 11) is 0. The number of ether oxygens (including phenoxy) is 1. The topological polar surface area (TPSA) is 39.2 Å². The molecule has 0 fully saturated rings. The van der Waals surface area contributed by atoms with Crippen molar-refractivity contribution in [2.24, 2.45) is 0 Å². The lowest BCUT2D eigenvalue weighted by Crippen LogP contribution is -2.03. The van der Waals surface area contributed by atoms with Gasteiger partial charge in [-0.15, -0.1) is 11.3 Å². The molecule has 3 nitrogen and oxygen atoms in total. The van der Waals surface area contributed by atoms with Gasteiger partial charge in [0, 0.05) is 16.1 Å². The molecular formula is C18H13ClFNO2S. The molecular weight excluding hydrogens is 349 g/mol. The third-order valence-corrected chi connectivity index (χ3v) is 4.63. The Kier molecular flexibility index (Phi) is 4.92. The maximum Gasteiger partial charge on any atom is 0.350 e. The van der Waals surface area contributed by atoms with Crippen LogP contribution in [0.2, 0.25) is 5.02 Å². The van der Waals surface area contributed by atoms with Crippen LogP contribution in [0, 0.1) is 5.82 Å².